The van der Waals surface area contributed by atoms with Gasteiger partial charge in [0, 0.05) is 0 Å². The molecule has 0 saturated heterocycles. The highest BCUT2D eigenvalue weighted by molar-refractivity contribution is 6.08. The van der Waals surface area contributed by atoms with Crippen molar-refractivity contribution in [3.05, 3.63) is 0 Å². The molecule has 0 amide bonds. The first-order valence-electron chi connectivity index (χ1n) is 4.35. The van der Waals surface area contributed by atoms with Crippen molar-refractivity contribution in [3.63, 3.8) is 0 Å². The highest BCUT2D eigenvalue weighted by Crippen LogP contribution is 2.11. The summed E-state index contributed by atoms with van der Waals surface area (Å²) < 4.78 is 4.67. The molecule has 2 unspecified atom stereocenters. The van der Waals surface area contributed by atoms with Gasteiger partial charge in [0.2, 0.25) is 11.4 Å². The van der Waals surface area contributed by atoms with Gasteiger partial charge in [-0.3, -0.25) is 4.79 Å². The number of hydrogen-bond donors (Lipinski definition) is 2. The Bertz CT molecular complexity index is 229. The third-order valence-electron chi connectivity index (χ3n) is 1.60. The van der Waals surface area contributed by atoms with Gasteiger partial charge in [0.05, 0.1) is 6.10 Å². The number of ether oxygens (including phenoxy) is 1. The van der Waals surface area contributed by atoms with Gasteiger partial charge in [-0.2, -0.15) is 0 Å². The van der Waals surface area contributed by atoms with Crippen LogP contribution in [-0.2, 0) is 14.3 Å². The van der Waals surface area contributed by atoms with E-state index in [9.17, 15) is 14.7 Å². The number of ketones is 1. The number of aliphatic hydroxyl groups is 2. The number of carbonyl (C=O) groups is 2. The van der Waals surface area contributed by atoms with E-state index in [4.69, 9.17) is 5.11 Å². The quantitative estimate of drug-likeness (QED) is 0.482. The standard InChI is InChI=1S/C9H16O5/c1-5(2)14-8(12)9(4,13)7(11)6(3)10/h5-6,10,13H,1-4H3. The van der Waals surface area contributed by atoms with E-state index < -0.39 is 29.6 Å². The minimum atomic E-state index is -2.28. The van der Waals surface area contributed by atoms with Gasteiger partial charge in [0.25, 0.3) is 0 Å². The normalized spacial score (nSPS) is 17.4. The third kappa shape index (κ3) is 3.08. The van der Waals surface area contributed by atoms with Crippen LogP contribution in [0.15, 0.2) is 0 Å². The van der Waals surface area contributed by atoms with E-state index in [1.807, 2.05) is 0 Å². The Kier molecular flexibility index (Phi) is 4.22. The molecule has 0 fully saturated rings. The molecule has 0 bridgehead atoms. The predicted octanol–water partition coefficient (Wildman–Crippen LogP) is -0.361. The highest BCUT2D eigenvalue weighted by atomic mass is 16.6. The van der Waals surface area contributed by atoms with Gasteiger partial charge in [0.1, 0.15) is 6.10 Å². The van der Waals surface area contributed by atoms with Crippen LogP contribution in [-0.4, -0.2) is 39.8 Å². The maximum atomic E-state index is 11.2. The average Bonchev–Trinajstić information content (AvgIpc) is 2.01. The summed E-state index contributed by atoms with van der Waals surface area (Å²) in [5, 5.41) is 18.4. The lowest BCUT2D eigenvalue weighted by atomic mass is 9.97. The molecule has 0 saturated carbocycles. The van der Waals surface area contributed by atoms with Crippen molar-refractivity contribution in [1.29, 1.82) is 0 Å². The molecule has 0 radical (unpaired) electrons. The number of carbonyl (C=O) groups excluding carboxylic acids is 2. The first-order valence-corrected chi connectivity index (χ1v) is 4.35. The van der Waals surface area contributed by atoms with Crippen molar-refractivity contribution in [1.82, 2.24) is 0 Å². The van der Waals surface area contributed by atoms with Crippen molar-refractivity contribution in [2.24, 2.45) is 0 Å². The molecule has 5 heteroatoms. The zero-order chi connectivity index (χ0) is 11.5. The third-order valence-corrected chi connectivity index (χ3v) is 1.60. The van der Waals surface area contributed by atoms with Gasteiger partial charge in [-0.05, 0) is 27.7 Å². The van der Waals surface area contributed by atoms with Crippen LogP contribution in [0.5, 0.6) is 0 Å². The maximum Gasteiger partial charge on any atom is 0.346 e. The monoisotopic (exact) mass is 204 g/mol. The number of hydrogen-bond acceptors (Lipinski definition) is 5. The lowest BCUT2D eigenvalue weighted by Crippen LogP contribution is -2.49. The summed E-state index contributed by atoms with van der Waals surface area (Å²) in [7, 11) is 0. The summed E-state index contributed by atoms with van der Waals surface area (Å²) in [5.41, 5.74) is -2.28. The van der Waals surface area contributed by atoms with Crippen LogP contribution in [0, 0.1) is 0 Å². The summed E-state index contributed by atoms with van der Waals surface area (Å²) in [6.07, 6.45) is -1.82. The predicted molar refractivity (Wildman–Crippen MR) is 48.5 cm³/mol. The molecule has 0 aromatic carbocycles. The van der Waals surface area contributed by atoms with Crippen LogP contribution in [0.25, 0.3) is 0 Å². The topological polar surface area (TPSA) is 83.8 Å². The lowest BCUT2D eigenvalue weighted by molar-refractivity contribution is -0.174. The molecule has 0 aromatic rings. The van der Waals surface area contributed by atoms with Gasteiger partial charge in [-0.1, -0.05) is 0 Å². The molecule has 14 heavy (non-hydrogen) atoms. The number of aliphatic hydroxyl groups excluding tert-OH is 1. The summed E-state index contributed by atoms with van der Waals surface area (Å²) in [6.45, 7) is 5.38. The second-order valence-corrected chi connectivity index (χ2v) is 3.57. The molecular weight excluding hydrogens is 188 g/mol. The first kappa shape index (κ1) is 13.1. The maximum absolute atomic E-state index is 11.2. The molecular formula is C9H16O5. The average molecular weight is 204 g/mol. The Morgan fingerprint density at radius 3 is 2.00 bits per heavy atom. The number of esters is 1. The van der Waals surface area contributed by atoms with Crippen LogP contribution in [0.1, 0.15) is 27.7 Å². The zero-order valence-corrected chi connectivity index (χ0v) is 8.77. The largest absolute Gasteiger partial charge is 0.461 e. The Hall–Kier alpha value is -0.940. The molecule has 2 N–H and O–H groups in total. The van der Waals surface area contributed by atoms with Crippen molar-refractivity contribution < 1.29 is 24.5 Å². The van der Waals surface area contributed by atoms with Gasteiger partial charge in [-0.25, -0.2) is 4.79 Å². The zero-order valence-electron chi connectivity index (χ0n) is 8.77. The molecule has 5 nitrogen and oxygen atoms in total. The molecule has 0 aliphatic carbocycles. The molecule has 0 aliphatic heterocycles. The number of Topliss-reactive ketones (excluding diaryl/α,β-unsaturated/α-hetero) is 1. The highest BCUT2D eigenvalue weighted by Gasteiger charge is 2.42. The fraction of sp³-hybridized carbons (Fsp3) is 0.778. The summed E-state index contributed by atoms with van der Waals surface area (Å²) in [6, 6.07) is 0. The summed E-state index contributed by atoms with van der Waals surface area (Å²) in [4.78, 5) is 22.4. The smallest absolute Gasteiger partial charge is 0.346 e. The summed E-state index contributed by atoms with van der Waals surface area (Å²) in [5.74, 6) is -2.01. The van der Waals surface area contributed by atoms with Gasteiger partial charge in [0.15, 0.2) is 0 Å². The van der Waals surface area contributed by atoms with E-state index >= 15 is 0 Å². The Morgan fingerprint density at radius 1 is 1.29 bits per heavy atom. The Morgan fingerprint density at radius 2 is 1.71 bits per heavy atom. The lowest BCUT2D eigenvalue weighted by Gasteiger charge is -2.22. The number of rotatable bonds is 4. The molecule has 0 rings (SSSR count). The Labute approximate surface area is 82.7 Å². The second-order valence-electron chi connectivity index (χ2n) is 3.57. The van der Waals surface area contributed by atoms with Crippen LogP contribution in [0.3, 0.4) is 0 Å². The fourth-order valence-corrected chi connectivity index (χ4v) is 0.836. The van der Waals surface area contributed by atoms with E-state index in [0.29, 0.717) is 0 Å². The molecule has 2 atom stereocenters. The van der Waals surface area contributed by atoms with Crippen LogP contribution >= 0.6 is 0 Å². The van der Waals surface area contributed by atoms with E-state index in [0.717, 1.165) is 6.92 Å². The van der Waals surface area contributed by atoms with Crippen molar-refractivity contribution in [3.8, 4) is 0 Å². The Balaban J connectivity index is 4.61. The van der Waals surface area contributed by atoms with Crippen LogP contribution in [0.4, 0.5) is 0 Å². The summed E-state index contributed by atoms with van der Waals surface area (Å²) >= 11 is 0. The molecule has 0 aromatic heterocycles. The van der Waals surface area contributed by atoms with E-state index in [1.165, 1.54) is 6.92 Å². The second kappa shape index (κ2) is 4.52. The minimum absolute atomic E-state index is 0.421. The van der Waals surface area contributed by atoms with Crippen molar-refractivity contribution in [2.45, 2.75) is 45.5 Å². The van der Waals surface area contributed by atoms with Crippen LogP contribution < -0.4 is 0 Å². The molecule has 0 heterocycles. The van der Waals surface area contributed by atoms with Crippen LogP contribution in [0.2, 0.25) is 0 Å². The van der Waals surface area contributed by atoms with Crippen molar-refractivity contribution >= 4 is 11.8 Å². The molecule has 0 aliphatic rings. The molecule has 0 spiro atoms. The van der Waals surface area contributed by atoms with Gasteiger partial charge < -0.3 is 14.9 Å². The fourth-order valence-electron chi connectivity index (χ4n) is 0.836. The minimum Gasteiger partial charge on any atom is -0.461 e. The van der Waals surface area contributed by atoms with Crippen molar-refractivity contribution in [2.75, 3.05) is 0 Å². The SMILES string of the molecule is CC(C)OC(=O)C(C)(O)C(=O)C(C)O. The van der Waals surface area contributed by atoms with E-state index in [-0.39, 0.29) is 0 Å². The van der Waals surface area contributed by atoms with Gasteiger partial charge >= 0.3 is 5.97 Å². The van der Waals surface area contributed by atoms with E-state index in [2.05, 4.69) is 4.74 Å². The van der Waals surface area contributed by atoms with Gasteiger partial charge in [-0.15, -0.1) is 0 Å². The first-order chi connectivity index (χ1) is 6.19. The molecule has 82 valence electrons. The van der Waals surface area contributed by atoms with E-state index in [1.54, 1.807) is 13.8 Å².